The molecule has 116 valence electrons. The summed E-state index contributed by atoms with van der Waals surface area (Å²) in [7, 11) is 1.73. The number of fused-ring (bicyclic) bond motifs is 3. The van der Waals surface area contributed by atoms with Crippen LogP contribution in [0.5, 0.6) is 0 Å². The first kappa shape index (κ1) is 14.9. The Hall–Kier alpha value is -1.64. The summed E-state index contributed by atoms with van der Waals surface area (Å²) in [5.41, 5.74) is 2.05. The summed E-state index contributed by atoms with van der Waals surface area (Å²) in [6.45, 7) is 0. The van der Waals surface area contributed by atoms with Gasteiger partial charge in [-0.15, -0.1) is 21.5 Å². The molecule has 0 spiro atoms. The summed E-state index contributed by atoms with van der Waals surface area (Å²) >= 11 is 6.50. The molecule has 0 saturated carbocycles. The van der Waals surface area contributed by atoms with E-state index < -0.39 is 0 Å². The first-order valence-electron chi connectivity index (χ1n) is 6.84. The van der Waals surface area contributed by atoms with E-state index in [-0.39, 0.29) is 5.56 Å². The third-order valence-electron chi connectivity index (χ3n) is 3.58. The molecule has 3 aromatic heterocycles. The highest BCUT2D eigenvalue weighted by Crippen LogP contribution is 2.26. The lowest BCUT2D eigenvalue weighted by atomic mass is 10.2. The van der Waals surface area contributed by atoms with Crippen molar-refractivity contribution in [2.24, 2.45) is 7.05 Å². The monoisotopic (exact) mass is 406 g/mol. The number of rotatable bonds is 3. The quantitative estimate of drug-likeness (QED) is 0.486. The van der Waals surface area contributed by atoms with Crippen molar-refractivity contribution in [1.29, 1.82) is 0 Å². The van der Waals surface area contributed by atoms with Gasteiger partial charge in [-0.1, -0.05) is 39.8 Å². The summed E-state index contributed by atoms with van der Waals surface area (Å²) in [4.78, 5) is 12.3. The van der Waals surface area contributed by atoms with Gasteiger partial charge in [0.25, 0.3) is 5.56 Å². The van der Waals surface area contributed by atoms with Crippen LogP contribution < -0.4 is 5.56 Å². The first-order chi connectivity index (χ1) is 11.1. The summed E-state index contributed by atoms with van der Waals surface area (Å²) in [5.74, 6) is 1.36. The van der Waals surface area contributed by atoms with Crippen molar-refractivity contribution < 1.29 is 0 Å². The number of thioether (sulfide) groups is 1. The zero-order valence-electron chi connectivity index (χ0n) is 12.1. The highest BCUT2D eigenvalue weighted by atomic mass is 79.9. The molecule has 0 aliphatic rings. The Bertz CT molecular complexity index is 1060. The van der Waals surface area contributed by atoms with Crippen LogP contribution in [0.2, 0.25) is 0 Å². The summed E-state index contributed by atoms with van der Waals surface area (Å²) < 4.78 is 5.30. The molecule has 0 amide bonds. The Kier molecular flexibility index (Phi) is 3.74. The lowest BCUT2D eigenvalue weighted by Crippen LogP contribution is -2.18. The third-order valence-corrected chi connectivity index (χ3v) is 6.00. The van der Waals surface area contributed by atoms with Crippen molar-refractivity contribution in [2.75, 3.05) is 0 Å². The van der Waals surface area contributed by atoms with Crippen molar-refractivity contribution in [3.8, 4) is 0 Å². The fourth-order valence-electron chi connectivity index (χ4n) is 2.39. The number of nitrogens with zero attached hydrogens (tertiary/aromatic N) is 4. The van der Waals surface area contributed by atoms with Crippen LogP contribution in [-0.4, -0.2) is 19.2 Å². The van der Waals surface area contributed by atoms with E-state index in [1.54, 1.807) is 23.4 Å². The van der Waals surface area contributed by atoms with Crippen LogP contribution in [0.1, 0.15) is 5.56 Å². The van der Waals surface area contributed by atoms with E-state index in [2.05, 4.69) is 38.3 Å². The predicted octanol–water partition coefficient (Wildman–Crippen LogP) is 3.70. The second kappa shape index (κ2) is 5.77. The highest BCUT2D eigenvalue weighted by molar-refractivity contribution is 9.10. The SMILES string of the molecule is Cn1c(=O)c2sccc2n2c(SCc3ccc(Br)cc3)nnc12. The molecule has 0 N–H and O–H groups in total. The molecule has 0 aliphatic heterocycles. The summed E-state index contributed by atoms with van der Waals surface area (Å²) in [6, 6.07) is 10.2. The third kappa shape index (κ3) is 2.50. The average Bonchev–Trinajstić information content (AvgIpc) is 3.18. The van der Waals surface area contributed by atoms with E-state index in [4.69, 9.17) is 0 Å². The van der Waals surface area contributed by atoms with Gasteiger partial charge in [0.05, 0.1) is 5.52 Å². The fraction of sp³-hybridized carbons (Fsp3) is 0.133. The minimum absolute atomic E-state index is 0.0284. The van der Waals surface area contributed by atoms with Crippen LogP contribution in [0, 0.1) is 0 Å². The standard InChI is InChI=1S/C15H11BrN4OS2/c1-19-13(21)12-11(6-7-22-12)20-14(19)17-18-15(20)23-8-9-2-4-10(16)5-3-9/h2-7H,8H2,1H3. The van der Waals surface area contributed by atoms with Crippen LogP contribution in [0.4, 0.5) is 0 Å². The van der Waals surface area contributed by atoms with E-state index in [9.17, 15) is 4.79 Å². The Morgan fingerprint density at radius 2 is 2.00 bits per heavy atom. The second-order valence-electron chi connectivity index (χ2n) is 5.03. The Labute approximate surface area is 148 Å². The molecule has 0 radical (unpaired) electrons. The normalized spacial score (nSPS) is 11.6. The molecule has 0 bridgehead atoms. The summed E-state index contributed by atoms with van der Waals surface area (Å²) in [6.07, 6.45) is 0. The zero-order valence-corrected chi connectivity index (χ0v) is 15.3. The van der Waals surface area contributed by atoms with Gasteiger partial charge in [0.1, 0.15) is 4.70 Å². The lowest BCUT2D eigenvalue weighted by Gasteiger charge is -2.05. The van der Waals surface area contributed by atoms with E-state index in [0.29, 0.717) is 5.78 Å². The van der Waals surface area contributed by atoms with E-state index in [1.165, 1.54) is 16.9 Å². The van der Waals surface area contributed by atoms with Crippen LogP contribution in [0.15, 0.2) is 50.1 Å². The van der Waals surface area contributed by atoms with Crippen LogP contribution in [-0.2, 0) is 12.8 Å². The maximum Gasteiger partial charge on any atom is 0.272 e. The number of aromatic nitrogens is 4. The number of aryl methyl sites for hydroxylation is 1. The first-order valence-corrected chi connectivity index (χ1v) is 9.49. The molecule has 23 heavy (non-hydrogen) atoms. The van der Waals surface area contributed by atoms with E-state index in [0.717, 1.165) is 25.6 Å². The van der Waals surface area contributed by atoms with Gasteiger partial charge in [0, 0.05) is 17.3 Å². The molecular weight excluding hydrogens is 396 g/mol. The minimum atomic E-state index is -0.0284. The Balaban J connectivity index is 1.79. The predicted molar refractivity (Wildman–Crippen MR) is 97.3 cm³/mol. The van der Waals surface area contributed by atoms with Gasteiger partial charge in [-0.2, -0.15) is 0 Å². The number of hydrogen-bond acceptors (Lipinski definition) is 5. The molecule has 4 rings (SSSR count). The summed E-state index contributed by atoms with van der Waals surface area (Å²) in [5, 5.41) is 11.2. The number of benzene rings is 1. The Morgan fingerprint density at radius 1 is 1.22 bits per heavy atom. The number of hydrogen-bond donors (Lipinski definition) is 0. The fourth-order valence-corrected chi connectivity index (χ4v) is 4.41. The van der Waals surface area contributed by atoms with E-state index >= 15 is 0 Å². The van der Waals surface area contributed by atoms with Crippen molar-refractivity contribution in [2.45, 2.75) is 10.9 Å². The molecule has 0 atom stereocenters. The van der Waals surface area contributed by atoms with Gasteiger partial charge in [0.15, 0.2) is 5.16 Å². The second-order valence-corrected chi connectivity index (χ2v) is 7.81. The molecule has 0 fully saturated rings. The number of thiophene rings is 1. The van der Waals surface area contributed by atoms with Gasteiger partial charge in [-0.05, 0) is 29.1 Å². The van der Waals surface area contributed by atoms with Gasteiger partial charge in [0.2, 0.25) is 5.78 Å². The largest absolute Gasteiger partial charge is 0.279 e. The molecule has 1 aromatic carbocycles. The van der Waals surface area contributed by atoms with Gasteiger partial charge < -0.3 is 0 Å². The van der Waals surface area contributed by atoms with Crippen LogP contribution in [0.3, 0.4) is 0 Å². The molecule has 0 aliphatic carbocycles. The van der Waals surface area contributed by atoms with Gasteiger partial charge in [-0.25, -0.2) is 0 Å². The van der Waals surface area contributed by atoms with Crippen LogP contribution >= 0.6 is 39.0 Å². The van der Waals surface area contributed by atoms with Gasteiger partial charge in [-0.3, -0.25) is 13.8 Å². The van der Waals surface area contributed by atoms with Crippen molar-refractivity contribution >= 4 is 55.0 Å². The average molecular weight is 407 g/mol. The Morgan fingerprint density at radius 3 is 2.78 bits per heavy atom. The smallest absolute Gasteiger partial charge is 0.272 e. The molecular formula is C15H11BrN4OS2. The highest BCUT2D eigenvalue weighted by Gasteiger charge is 2.15. The minimum Gasteiger partial charge on any atom is -0.279 e. The molecule has 0 saturated heterocycles. The van der Waals surface area contributed by atoms with Crippen molar-refractivity contribution in [3.63, 3.8) is 0 Å². The lowest BCUT2D eigenvalue weighted by molar-refractivity contribution is 0.856. The van der Waals surface area contributed by atoms with Crippen molar-refractivity contribution in [1.82, 2.24) is 19.2 Å². The maximum absolute atomic E-state index is 12.3. The van der Waals surface area contributed by atoms with E-state index in [1.807, 2.05) is 28.0 Å². The molecule has 3 heterocycles. The molecule has 4 aromatic rings. The molecule has 0 unspecified atom stereocenters. The number of halogens is 1. The van der Waals surface area contributed by atoms with Gasteiger partial charge >= 0.3 is 0 Å². The molecule has 8 heteroatoms. The molecule has 5 nitrogen and oxygen atoms in total. The zero-order chi connectivity index (χ0) is 16.0. The van der Waals surface area contributed by atoms with Crippen molar-refractivity contribution in [3.05, 3.63) is 56.1 Å². The van der Waals surface area contributed by atoms with Crippen LogP contribution in [0.25, 0.3) is 16.0 Å². The topological polar surface area (TPSA) is 52.2 Å². The maximum atomic E-state index is 12.3.